The first kappa shape index (κ1) is 20.6. The van der Waals surface area contributed by atoms with Crippen molar-refractivity contribution >= 4 is 60.6 Å². The molecule has 9 heteroatoms. The van der Waals surface area contributed by atoms with Gasteiger partial charge in [0.2, 0.25) is 15.9 Å². The molecule has 1 aromatic heterocycles. The summed E-state index contributed by atoms with van der Waals surface area (Å²) < 4.78 is 27.6. The average molecular weight is 436 g/mol. The lowest BCUT2D eigenvalue weighted by molar-refractivity contribution is -0.113. The van der Waals surface area contributed by atoms with Crippen molar-refractivity contribution < 1.29 is 13.2 Å². The van der Waals surface area contributed by atoms with E-state index in [1.54, 1.807) is 25.1 Å². The minimum absolute atomic E-state index is 0.0183. The highest BCUT2D eigenvalue weighted by atomic mass is 32.2. The predicted octanol–water partition coefficient (Wildman–Crippen LogP) is 4.41. The van der Waals surface area contributed by atoms with Gasteiger partial charge < -0.3 is 5.32 Å². The van der Waals surface area contributed by atoms with Crippen LogP contribution < -0.4 is 10.0 Å². The van der Waals surface area contributed by atoms with Gasteiger partial charge in [-0.1, -0.05) is 17.8 Å². The molecule has 0 bridgehead atoms. The van der Waals surface area contributed by atoms with E-state index in [1.165, 1.54) is 28.7 Å². The molecule has 3 rings (SSSR count). The van der Waals surface area contributed by atoms with Crippen LogP contribution in [0.4, 0.5) is 11.4 Å². The number of rotatable bonds is 7. The maximum absolute atomic E-state index is 12.2. The molecule has 0 radical (unpaired) electrons. The Hall–Kier alpha value is -2.10. The molecule has 0 saturated carbocycles. The van der Waals surface area contributed by atoms with Crippen LogP contribution in [0.15, 0.2) is 40.7 Å². The molecular formula is C19H21N3O3S3. The van der Waals surface area contributed by atoms with Crippen LogP contribution in [-0.2, 0) is 14.8 Å². The lowest BCUT2D eigenvalue weighted by Gasteiger charge is -2.06. The van der Waals surface area contributed by atoms with E-state index in [2.05, 4.69) is 15.0 Å². The highest BCUT2D eigenvalue weighted by molar-refractivity contribution is 8.01. The number of aromatic nitrogens is 1. The van der Waals surface area contributed by atoms with Crippen LogP contribution in [0.25, 0.3) is 10.2 Å². The van der Waals surface area contributed by atoms with Gasteiger partial charge >= 0.3 is 0 Å². The number of nitrogens with one attached hydrogen (secondary N) is 2. The van der Waals surface area contributed by atoms with Gasteiger partial charge in [0, 0.05) is 5.69 Å². The highest BCUT2D eigenvalue weighted by Crippen LogP contribution is 2.31. The minimum Gasteiger partial charge on any atom is -0.325 e. The SMILES string of the molecule is CCS(=O)(=O)Nc1ccc2nc(SCC(=O)Nc3ccc(C)c(C)c3)sc2c1. The average Bonchev–Trinajstić information content (AvgIpc) is 3.05. The van der Waals surface area contributed by atoms with Crippen LogP contribution in [0.1, 0.15) is 18.1 Å². The quantitative estimate of drug-likeness (QED) is 0.537. The fourth-order valence-corrected chi connectivity index (χ4v) is 4.96. The molecule has 6 nitrogen and oxygen atoms in total. The fourth-order valence-electron chi connectivity index (χ4n) is 2.42. The summed E-state index contributed by atoms with van der Waals surface area (Å²) in [4.78, 5) is 16.7. The van der Waals surface area contributed by atoms with Crippen molar-refractivity contribution in [2.75, 3.05) is 21.5 Å². The Balaban J connectivity index is 1.64. The monoisotopic (exact) mass is 435 g/mol. The van der Waals surface area contributed by atoms with Gasteiger partial charge in [0.1, 0.15) is 0 Å². The zero-order chi connectivity index (χ0) is 20.3. The number of thiazole rings is 1. The summed E-state index contributed by atoms with van der Waals surface area (Å²) in [5.41, 5.74) is 4.39. The van der Waals surface area contributed by atoms with Crippen molar-refractivity contribution in [1.29, 1.82) is 0 Å². The first-order valence-corrected chi connectivity index (χ1v) is 12.1. The number of carbonyl (C=O) groups is 1. The van der Waals surface area contributed by atoms with Gasteiger partial charge in [-0.15, -0.1) is 11.3 Å². The molecule has 0 atom stereocenters. The van der Waals surface area contributed by atoms with Crippen LogP contribution in [0, 0.1) is 13.8 Å². The standard InChI is InChI=1S/C19H21N3O3S3/c1-4-28(24,25)22-15-7-8-16-17(10-15)27-19(21-16)26-11-18(23)20-14-6-5-12(2)13(3)9-14/h5-10,22H,4,11H2,1-3H3,(H,20,23). The predicted molar refractivity (Wildman–Crippen MR) is 118 cm³/mol. The van der Waals surface area contributed by atoms with Gasteiger partial charge in [0.25, 0.3) is 0 Å². The number of carbonyl (C=O) groups excluding carboxylic acids is 1. The Kier molecular flexibility index (Phi) is 6.26. The second-order valence-corrected chi connectivity index (χ2v) is 10.6. The third-order valence-corrected chi connectivity index (χ3v) is 7.61. The minimum atomic E-state index is -3.32. The molecule has 0 unspecified atom stereocenters. The van der Waals surface area contributed by atoms with Crippen LogP contribution in [0.2, 0.25) is 0 Å². The number of hydrogen-bond donors (Lipinski definition) is 2. The van der Waals surface area contributed by atoms with Gasteiger partial charge in [-0.05, 0) is 62.2 Å². The van der Waals surface area contributed by atoms with E-state index >= 15 is 0 Å². The molecule has 3 aromatic rings. The largest absolute Gasteiger partial charge is 0.325 e. The van der Waals surface area contributed by atoms with Gasteiger partial charge in [-0.25, -0.2) is 13.4 Å². The van der Waals surface area contributed by atoms with Gasteiger partial charge in [-0.3, -0.25) is 9.52 Å². The Morgan fingerprint density at radius 3 is 2.57 bits per heavy atom. The maximum atomic E-state index is 12.2. The number of fused-ring (bicyclic) bond motifs is 1. The third kappa shape index (κ3) is 5.24. The van der Waals surface area contributed by atoms with E-state index in [9.17, 15) is 13.2 Å². The molecule has 1 amide bonds. The van der Waals surface area contributed by atoms with Crippen molar-refractivity contribution in [3.8, 4) is 0 Å². The van der Waals surface area contributed by atoms with Crippen LogP contribution in [0.5, 0.6) is 0 Å². The highest BCUT2D eigenvalue weighted by Gasteiger charge is 2.11. The van der Waals surface area contributed by atoms with E-state index in [4.69, 9.17) is 0 Å². The Morgan fingerprint density at radius 2 is 1.86 bits per heavy atom. The molecule has 148 valence electrons. The van der Waals surface area contributed by atoms with Crippen molar-refractivity contribution in [3.63, 3.8) is 0 Å². The lowest BCUT2D eigenvalue weighted by atomic mass is 10.1. The fraction of sp³-hybridized carbons (Fsp3) is 0.263. The number of nitrogens with zero attached hydrogens (tertiary/aromatic N) is 1. The first-order valence-electron chi connectivity index (χ1n) is 8.67. The maximum Gasteiger partial charge on any atom is 0.234 e. The number of hydrogen-bond acceptors (Lipinski definition) is 6. The van der Waals surface area contributed by atoms with Crippen LogP contribution >= 0.6 is 23.1 Å². The summed E-state index contributed by atoms with van der Waals surface area (Å²) >= 11 is 2.80. The first-order chi connectivity index (χ1) is 13.3. The summed E-state index contributed by atoms with van der Waals surface area (Å²) in [6, 6.07) is 11.1. The second kappa shape index (κ2) is 8.50. The van der Waals surface area contributed by atoms with Gasteiger partial charge in [0.05, 0.1) is 27.4 Å². The molecule has 2 aromatic carbocycles. The molecule has 2 N–H and O–H groups in total. The number of anilines is 2. The number of amides is 1. The smallest absolute Gasteiger partial charge is 0.234 e. The van der Waals surface area contributed by atoms with E-state index in [1.807, 2.05) is 32.0 Å². The molecular weight excluding hydrogens is 414 g/mol. The van der Waals surface area contributed by atoms with Crippen LogP contribution in [-0.4, -0.2) is 30.8 Å². The topological polar surface area (TPSA) is 88.2 Å². The molecule has 0 fully saturated rings. The molecule has 0 aliphatic heterocycles. The zero-order valence-electron chi connectivity index (χ0n) is 15.8. The Bertz CT molecular complexity index is 1120. The second-order valence-electron chi connectivity index (χ2n) is 6.30. The van der Waals surface area contributed by atoms with E-state index < -0.39 is 10.0 Å². The lowest BCUT2D eigenvalue weighted by Crippen LogP contribution is -2.14. The third-order valence-electron chi connectivity index (χ3n) is 4.14. The van der Waals surface area contributed by atoms with E-state index in [0.717, 1.165) is 25.8 Å². The number of aryl methyl sites for hydroxylation is 2. The van der Waals surface area contributed by atoms with Gasteiger partial charge in [0.15, 0.2) is 4.34 Å². The zero-order valence-corrected chi connectivity index (χ0v) is 18.2. The van der Waals surface area contributed by atoms with E-state index in [-0.39, 0.29) is 17.4 Å². The van der Waals surface area contributed by atoms with E-state index in [0.29, 0.717) is 5.69 Å². The van der Waals surface area contributed by atoms with Crippen LogP contribution in [0.3, 0.4) is 0 Å². The summed E-state index contributed by atoms with van der Waals surface area (Å²) in [5.74, 6) is 0.177. The normalized spacial score (nSPS) is 11.5. The molecule has 0 aliphatic carbocycles. The number of sulfonamides is 1. The summed E-state index contributed by atoms with van der Waals surface area (Å²) in [6.45, 7) is 5.63. The van der Waals surface area contributed by atoms with Gasteiger partial charge in [-0.2, -0.15) is 0 Å². The van der Waals surface area contributed by atoms with Crippen molar-refractivity contribution in [1.82, 2.24) is 4.98 Å². The number of thioether (sulfide) groups is 1. The number of benzene rings is 2. The molecule has 0 aliphatic rings. The molecule has 1 heterocycles. The summed E-state index contributed by atoms with van der Waals surface area (Å²) in [5, 5.41) is 2.90. The van der Waals surface area contributed by atoms with Crippen molar-refractivity contribution in [2.45, 2.75) is 25.1 Å². The summed E-state index contributed by atoms with van der Waals surface area (Å²) in [6.07, 6.45) is 0. The molecule has 28 heavy (non-hydrogen) atoms. The molecule has 0 saturated heterocycles. The van der Waals surface area contributed by atoms with Crippen molar-refractivity contribution in [3.05, 3.63) is 47.5 Å². The van der Waals surface area contributed by atoms with Crippen molar-refractivity contribution in [2.24, 2.45) is 0 Å². The Labute approximate surface area is 172 Å². The molecule has 0 spiro atoms. The summed E-state index contributed by atoms with van der Waals surface area (Å²) in [7, 11) is -3.32. The Morgan fingerprint density at radius 1 is 1.11 bits per heavy atom.